The summed E-state index contributed by atoms with van der Waals surface area (Å²) in [5.74, 6) is -0.636. The molecule has 0 spiro atoms. The lowest BCUT2D eigenvalue weighted by Crippen LogP contribution is -2.26. The van der Waals surface area contributed by atoms with Crippen LogP contribution in [0, 0.1) is 0 Å². The van der Waals surface area contributed by atoms with E-state index in [9.17, 15) is 18.0 Å². The second-order valence-electron chi connectivity index (χ2n) is 4.91. The molecule has 1 heterocycles. The van der Waals surface area contributed by atoms with Crippen LogP contribution in [0.1, 0.15) is 15.9 Å². The van der Waals surface area contributed by atoms with Crippen LogP contribution in [0.4, 0.5) is 19.2 Å². The smallest absolute Gasteiger partial charge is 0.416 e. The zero-order chi connectivity index (χ0) is 16.6. The molecule has 118 valence electrons. The molecule has 0 aliphatic rings. The number of nitrogens with zero attached hydrogens (tertiary/aromatic N) is 2. The second kappa shape index (κ2) is 5.42. The quantitative estimate of drug-likeness (QED) is 0.713. The summed E-state index contributed by atoms with van der Waals surface area (Å²) in [6, 6.07) is 11.2. The first-order valence-electron chi connectivity index (χ1n) is 6.67. The average Bonchev–Trinajstić information content (AvgIpc) is 2.97. The van der Waals surface area contributed by atoms with Crippen molar-refractivity contribution in [3.05, 3.63) is 59.7 Å². The molecule has 23 heavy (non-hydrogen) atoms. The number of carbonyl (C=O) groups is 1. The standard InChI is InChI=1S/C16H11F3N2O2/c1-21(15-20-12-7-2-3-8-13(12)23-15)14(22)10-5-4-6-11(9-10)16(17,18)19/h2-9H,1H3. The number of alkyl halides is 3. The van der Waals surface area contributed by atoms with Crippen LogP contribution in [-0.4, -0.2) is 17.9 Å². The van der Waals surface area contributed by atoms with Gasteiger partial charge in [0.05, 0.1) is 5.56 Å². The van der Waals surface area contributed by atoms with Crippen LogP contribution in [-0.2, 0) is 6.18 Å². The van der Waals surface area contributed by atoms with E-state index in [1.807, 2.05) is 0 Å². The molecule has 4 nitrogen and oxygen atoms in total. The molecule has 0 aliphatic carbocycles. The van der Waals surface area contributed by atoms with Gasteiger partial charge in [0.25, 0.3) is 5.91 Å². The topological polar surface area (TPSA) is 46.3 Å². The maximum atomic E-state index is 12.7. The molecule has 0 N–H and O–H groups in total. The zero-order valence-electron chi connectivity index (χ0n) is 12.0. The van der Waals surface area contributed by atoms with Crippen molar-refractivity contribution in [2.75, 3.05) is 11.9 Å². The summed E-state index contributed by atoms with van der Waals surface area (Å²) >= 11 is 0. The lowest BCUT2D eigenvalue weighted by atomic mass is 10.1. The van der Waals surface area contributed by atoms with Gasteiger partial charge in [-0.25, -0.2) is 0 Å². The molecule has 0 unspecified atom stereocenters. The predicted molar refractivity (Wildman–Crippen MR) is 78.2 cm³/mol. The van der Waals surface area contributed by atoms with E-state index in [1.54, 1.807) is 24.3 Å². The molecule has 0 saturated carbocycles. The number of oxazole rings is 1. The van der Waals surface area contributed by atoms with Crippen molar-refractivity contribution in [1.82, 2.24) is 4.98 Å². The van der Waals surface area contributed by atoms with Crippen molar-refractivity contribution in [3.8, 4) is 0 Å². The molecule has 7 heteroatoms. The molecule has 0 atom stereocenters. The first-order chi connectivity index (χ1) is 10.9. The first kappa shape index (κ1) is 15.1. The van der Waals surface area contributed by atoms with E-state index in [0.29, 0.717) is 11.1 Å². The minimum atomic E-state index is -4.51. The van der Waals surface area contributed by atoms with Gasteiger partial charge in [-0.05, 0) is 30.3 Å². The van der Waals surface area contributed by atoms with Gasteiger partial charge < -0.3 is 4.42 Å². The molecule has 3 aromatic rings. The zero-order valence-corrected chi connectivity index (χ0v) is 12.0. The van der Waals surface area contributed by atoms with Gasteiger partial charge in [-0.1, -0.05) is 18.2 Å². The van der Waals surface area contributed by atoms with Crippen LogP contribution in [0.2, 0.25) is 0 Å². The summed E-state index contributed by atoms with van der Waals surface area (Å²) in [4.78, 5) is 17.6. The van der Waals surface area contributed by atoms with Gasteiger partial charge in [-0.3, -0.25) is 9.69 Å². The van der Waals surface area contributed by atoms with Gasteiger partial charge in [0, 0.05) is 12.6 Å². The van der Waals surface area contributed by atoms with Crippen LogP contribution >= 0.6 is 0 Å². The fraction of sp³-hybridized carbons (Fsp3) is 0.125. The Bertz CT molecular complexity index is 838. The maximum absolute atomic E-state index is 12.7. The van der Waals surface area contributed by atoms with Crippen LogP contribution in [0.25, 0.3) is 11.1 Å². The molecule has 1 aromatic heterocycles. The number of fused-ring (bicyclic) bond motifs is 1. The van der Waals surface area contributed by atoms with E-state index in [2.05, 4.69) is 4.98 Å². The Morgan fingerprint density at radius 1 is 1.13 bits per heavy atom. The molecule has 0 radical (unpaired) electrons. The van der Waals surface area contributed by atoms with Crippen LogP contribution < -0.4 is 4.90 Å². The van der Waals surface area contributed by atoms with E-state index >= 15 is 0 Å². The molecule has 3 rings (SSSR count). The molecule has 0 aliphatic heterocycles. The highest BCUT2D eigenvalue weighted by atomic mass is 19.4. The lowest BCUT2D eigenvalue weighted by molar-refractivity contribution is -0.137. The Labute approximate surface area is 129 Å². The van der Waals surface area contributed by atoms with E-state index < -0.39 is 17.6 Å². The highest BCUT2D eigenvalue weighted by Crippen LogP contribution is 2.30. The summed E-state index contributed by atoms with van der Waals surface area (Å²) in [6.07, 6.45) is -4.51. The van der Waals surface area contributed by atoms with Crippen LogP contribution in [0.3, 0.4) is 0 Å². The van der Waals surface area contributed by atoms with Crippen molar-refractivity contribution in [2.45, 2.75) is 6.18 Å². The lowest BCUT2D eigenvalue weighted by Gasteiger charge is -2.14. The Morgan fingerprint density at radius 2 is 1.87 bits per heavy atom. The molecule has 0 bridgehead atoms. The number of aromatic nitrogens is 1. The minimum absolute atomic E-state index is 0.0219. The Balaban J connectivity index is 1.93. The number of halogens is 3. The summed E-state index contributed by atoms with van der Waals surface area (Å²) in [7, 11) is 1.40. The molecule has 2 aromatic carbocycles. The largest absolute Gasteiger partial charge is 0.423 e. The highest BCUT2D eigenvalue weighted by molar-refractivity contribution is 6.05. The van der Waals surface area contributed by atoms with Crippen LogP contribution in [0.15, 0.2) is 52.9 Å². The van der Waals surface area contributed by atoms with E-state index in [0.717, 1.165) is 17.0 Å². The summed E-state index contributed by atoms with van der Waals surface area (Å²) < 4.78 is 43.7. The number of rotatable bonds is 2. The number of benzene rings is 2. The molecular formula is C16H11F3N2O2. The third kappa shape index (κ3) is 2.90. The van der Waals surface area contributed by atoms with Crippen molar-refractivity contribution in [1.29, 1.82) is 0 Å². The van der Waals surface area contributed by atoms with Crippen molar-refractivity contribution in [2.24, 2.45) is 0 Å². The van der Waals surface area contributed by atoms with Crippen molar-refractivity contribution >= 4 is 23.0 Å². The number of carbonyl (C=O) groups excluding carboxylic acids is 1. The number of hydrogen-bond acceptors (Lipinski definition) is 3. The average molecular weight is 320 g/mol. The number of anilines is 1. The predicted octanol–water partition coefficient (Wildman–Crippen LogP) is 4.12. The first-order valence-corrected chi connectivity index (χ1v) is 6.67. The van der Waals surface area contributed by atoms with Gasteiger partial charge in [-0.2, -0.15) is 18.2 Å². The summed E-state index contributed by atoms with van der Waals surface area (Å²) in [5, 5.41) is 0. The Hall–Kier alpha value is -2.83. The number of amides is 1. The molecule has 1 amide bonds. The fourth-order valence-electron chi connectivity index (χ4n) is 2.11. The van der Waals surface area contributed by atoms with Gasteiger partial charge in [0.15, 0.2) is 5.58 Å². The van der Waals surface area contributed by atoms with Crippen LogP contribution in [0.5, 0.6) is 0 Å². The normalized spacial score (nSPS) is 11.7. The Morgan fingerprint density at radius 3 is 2.57 bits per heavy atom. The van der Waals surface area contributed by atoms with Gasteiger partial charge >= 0.3 is 12.2 Å². The van der Waals surface area contributed by atoms with E-state index in [1.165, 1.54) is 19.2 Å². The molecule has 0 fully saturated rings. The third-order valence-corrected chi connectivity index (χ3v) is 3.31. The third-order valence-electron chi connectivity index (χ3n) is 3.31. The SMILES string of the molecule is CN(C(=O)c1cccc(C(F)(F)F)c1)c1nc2ccccc2o1. The summed E-state index contributed by atoms with van der Waals surface area (Å²) in [5.41, 5.74) is 0.0799. The van der Waals surface area contributed by atoms with Gasteiger partial charge in [0.1, 0.15) is 5.52 Å². The highest BCUT2D eigenvalue weighted by Gasteiger charge is 2.31. The minimum Gasteiger partial charge on any atom is -0.423 e. The number of hydrogen-bond donors (Lipinski definition) is 0. The van der Waals surface area contributed by atoms with E-state index in [-0.39, 0.29) is 11.6 Å². The van der Waals surface area contributed by atoms with Gasteiger partial charge in [-0.15, -0.1) is 0 Å². The fourth-order valence-corrected chi connectivity index (χ4v) is 2.11. The molecule has 0 saturated heterocycles. The maximum Gasteiger partial charge on any atom is 0.416 e. The monoisotopic (exact) mass is 320 g/mol. The van der Waals surface area contributed by atoms with Crippen molar-refractivity contribution < 1.29 is 22.4 Å². The Kier molecular flexibility index (Phi) is 3.55. The second-order valence-corrected chi connectivity index (χ2v) is 4.91. The molecular weight excluding hydrogens is 309 g/mol. The number of para-hydroxylation sites is 2. The van der Waals surface area contributed by atoms with E-state index in [4.69, 9.17) is 4.42 Å². The van der Waals surface area contributed by atoms with Crippen molar-refractivity contribution in [3.63, 3.8) is 0 Å². The van der Waals surface area contributed by atoms with Gasteiger partial charge in [0.2, 0.25) is 0 Å². The summed E-state index contributed by atoms with van der Waals surface area (Å²) in [6.45, 7) is 0.